The Morgan fingerprint density at radius 2 is 1.83 bits per heavy atom. The summed E-state index contributed by atoms with van der Waals surface area (Å²) in [5, 5.41) is 0. The SMILES string of the molecule is CCOc1c(C(C)C)c(=O)c1=O. The molecule has 1 aromatic rings. The zero-order valence-electron chi connectivity index (χ0n) is 7.51. The summed E-state index contributed by atoms with van der Waals surface area (Å²) in [6.07, 6.45) is 0. The van der Waals surface area contributed by atoms with Crippen LogP contribution in [0.5, 0.6) is 5.75 Å². The topological polar surface area (TPSA) is 43.4 Å². The molecule has 0 aliphatic heterocycles. The highest BCUT2D eigenvalue weighted by molar-refractivity contribution is 5.41. The minimum Gasteiger partial charge on any atom is -0.489 e. The van der Waals surface area contributed by atoms with Crippen molar-refractivity contribution in [2.24, 2.45) is 0 Å². The van der Waals surface area contributed by atoms with Crippen molar-refractivity contribution in [2.45, 2.75) is 26.7 Å². The largest absolute Gasteiger partial charge is 0.489 e. The van der Waals surface area contributed by atoms with Crippen LogP contribution in [0.4, 0.5) is 0 Å². The van der Waals surface area contributed by atoms with Crippen molar-refractivity contribution in [2.75, 3.05) is 6.61 Å². The highest BCUT2D eigenvalue weighted by atomic mass is 16.5. The molecule has 66 valence electrons. The van der Waals surface area contributed by atoms with Gasteiger partial charge in [0.15, 0.2) is 5.75 Å². The van der Waals surface area contributed by atoms with Gasteiger partial charge in [-0.2, -0.15) is 0 Å². The molecule has 0 amide bonds. The smallest absolute Gasteiger partial charge is 0.268 e. The third-order valence-electron chi connectivity index (χ3n) is 1.77. The Morgan fingerprint density at radius 1 is 1.25 bits per heavy atom. The van der Waals surface area contributed by atoms with E-state index in [0.717, 1.165) is 0 Å². The molecule has 0 atom stereocenters. The maximum absolute atomic E-state index is 11.0. The van der Waals surface area contributed by atoms with Gasteiger partial charge in [-0.3, -0.25) is 9.59 Å². The summed E-state index contributed by atoms with van der Waals surface area (Å²) in [5.41, 5.74) is -0.309. The van der Waals surface area contributed by atoms with Crippen molar-refractivity contribution < 1.29 is 4.74 Å². The molecular weight excluding hydrogens is 156 g/mol. The van der Waals surface area contributed by atoms with Crippen LogP contribution in [0.15, 0.2) is 9.59 Å². The Hall–Kier alpha value is -1.12. The minimum absolute atomic E-state index is 0.0803. The zero-order valence-corrected chi connectivity index (χ0v) is 7.51. The number of ether oxygens (including phenoxy) is 1. The normalized spacial score (nSPS) is 11.0. The van der Waals surface area contributed by atoms with E-state index >= 15 is 0 Å². The number of rotatable bonds is 3. The third-order valence-corrected chi connectivity index (χ3v) is 1.77. The molecule has 0 spiro atoms. The van der Waals surface area contributed by atoms with Crippen LogP contribution in [0.2, 0.25) is 0 Å². The fraction of sp³-hybridized carbons (Fsp3) is 0.556. The molecule has 0 aromatic heterocycles. The van der Waals surface area contributed by atoms with Gasteiger partial charge in [-0.25, -0.2) is 0 Å². The van der Waals surface area contributed by atoms with Crippen molar-refractivity contribution in [1.29, 1.82) is 0 Å². The van der Waals surface area contributed by atoms with E-state index in [1.807, 2.05) is 13.8 Å². The van der Waals surface area contributed by atoms with Gasteiger partial charge in [-0.1, -0.05) is 13.8 Å². The summed E-state index contributed by atoms with van der Waals surface area (Å²) in [6.45, 7) is 5.98. The van der Waals surface area contributed by atoms with E-state index in [1.54, 1.807) is 6.92 Å². The van der Waals surface area contributed by atoms with Crippen LogP contribution in [0.1, 0.15) is 32.3 Å². The first-order valence-corrected chi connectivity index (χ1v) is 4.05. The van der Waals surface area contributed by atoms with Gasteiger partial charge in [0.1, 0.15) is 0 Å². The van der Waals surface area contributed by atoms with E-state index in [4.69, 9.17) is 4.74 Å². The fourth-order valence-corrected chi connectivity index (χ4v) is 1.20. The van der Waals surface area contributed by atoms with Crippen LogP contribution in [-0.4, -0.2) is 6.61 Å². The van der Waals surface area contributed by atoms with Crippen LogP contribution in [0, 0.1) is 0 Å². The summed E-state index contributed by atoms with van der Waals surface area (Å²) in [4.78, 5) is 21.9. The number of hydrogen-bond donors (Lipinski definition) is 0. The molecule has 12 heavy (non-hydrogen) atoms. The summed E-state index contributed by atoms with van der Waals surface area (Å²) >= 11 is 0. The monoisotopic (exact) mass is 168 g/mol. The second-order valence-corrected chi connectivity index (χ2v) is 2.99. The second kappa shape index (κ2) is 3.09. The highest BCUT2D eigenvalue weighted by Crippen LogP contribution is 2.20. The standard InChI is InChI=1S/C9H12O3/c1-4-12-9-6(5(2)3)7(10)8(9)11/h5H,4H2,1-3H3. The van der Waals surface area contributed by atoms with Gasteiger partial charge in [-0.05, 0) is 12.8 Å². The molecule has 0 saturated carbocycles. The molecule has 0 bridgehead atoms. The first-order valence-electron chi connectivity index (χ1n) is 4.05. The molecule has 0 aliphatic rings. The van der Waals surface area contributed by atoms with Crippen molar-refractivity contribution in [3.05, 3.63) is 26.0 Å². The molecule has 0 saturated heterocycles. The van der Waals surface area contributed by atoms with E-state index in [0.29, 0.717) is 12.2 Å². The molecule has 0 radical (unpaired) electrons. The molecule has 0 unspecified atom stereocenters. The first kappa shape index (κ1) is 8.97. The van der Waals surface area contributed by atoms with Gasteiger partial charge in [-0.15, -0.1) is 0 Å². The van der Waals surface area contributed by atoms with Gasteiger partial charge in [0.2, 0.25) is 5.43 Å². The lowest BCUT2D eigenvalue weighted by Gasteiger charge is -2.12. The number of hydrogen-bond acceptors (Lipinski definition) is 3. The fourth-order valence-electron chi connectivity index (χ4n) is 1.20. The molecule has 0 N–H and O–H groups in total. The summed E-state index contributed by atoms with van der Waals surface area (Å²) < 4.78 is 5.04. The Morgan fingerprint density at radius 3 is 2.25 bits per heavy atom. The summed E-state index contributed by atoms with van der Waals surface area (Å²) in [5.74, 6) is 0.356. The van der Waals surface area contributed by atoms with Crippen LogP contribution in [0.25, 0.3) is 0 Å². The molecular formula is C9H12O3. The lowest BCUT2D eigenvalue weighted by atomic mass is 9.97. The maximum Gasteiger partial charge on any atom is 0.268 e. The lowest BCUT2D eigenvalue weighted by molar-refractivity contribution is 0.326. The molecule has 1 rings (SSSR count). The molecule has 1 aromatic carbocycles. The summed E-state index contributed by atoms with van der Waals surface area (Å²) in [7, 11) is 0. The molecule has 3 heteroatoms. The van der Waals surface area contributed by atoms with Crippen molar-refractivity contribution in [3.8, 4) is 5.75 Å². The highest BCUT2D eigenvalue weighted by Gasteiger charge is 2.23. The van der Waals surface area contributed by atoms with E-state index in [-0.39, 0.29) is 17.1 Å². The van der Waals surface area contributed by atoms with Gasteiger partial charge >= 0.3 is 0 Å². The Balaban J connectivity index is 3.05. The molecule has 0 fully saturated rings. The van der Waals surface area contributed by atoms with Gasteiger partial charge in [0, 0.05) is 0 Å². The molecule has 3 nitrogen and oxygen atoms in total. The van der Waals surface area contributed by atoms with Crippen LogP contribution < -0.4 is 15.6 Å². The molecule has 0 heterocycles. The molecule has 0 aliphatic carbocycles. The predicted molar refractivity (Wildman–Crippen MR) is 46.6 cm³/mol. The van der Waals surface area contributed by atoms with Crippen molar-refractivity contribution in [3.63, 3.8) is 0 Å². The van der Waals surface area contributed by atoms with Gasteiger partial charge in [0.05, 0.1) is 12.2 Å². The Labute approximate surface area is 70.7 Å². The predicted octanol–water partition coefficient (Wildman–Crippen LogP) is 0.805. The van der Waals surface area contributed by atoms with Gasteiger partial charge < -0.3 is 4.74 Å². The van der Waals surface area contributed by atoms with Crippen molar-refractivity contribution in [1.82, 2.24) is 0 Å². The Bertz CT molecular complexity index is 342. The maximum atomic E-state index is 11.0. The van der Waals surface area contributed by atoms with Crippen LogP contribution in [0.3, 0.4) is 0 Å². The second-order valence-electron chi connectivity index (χ2n) is 2.99. The van der Waals surface area contributed by atoms with Crippen molar-refractivity contribution >= 4 is 0 Å². The summed E-state index contributed by atoms with van der Waals surface area (Å²) in [6, 6.07) is 0. The van der Waals surface area contributed by atoms with E-state index < -0.39 is 5.43 Å². The average Bonchev–Trinajstić information content (AvgIpc) is 2.02. The first-order chi connectivity index (χ1) is 5.59. The van der Waals surface area contributed by atoms with E-state index in [1.165, 1.54) is 0 Å². The van der Waals surface area contributed by atoms with E-state index in [9.17, 15) is 9.59 Å². The van der Waals surface area contributed by atoms with E-state index in [2.05, 4.69) is 0 Å². The quantitative estimate of drug-likeness (QED) is 0.627. The Kier molecular flexibility index (Phi) is 2.31. The lowest BCUT2D eigenvalue weighted by Crippen LogP contribution is -2.37. The minimum atomic E-state index is -0.472. The van der Waals surface area contributed by atoms with Crippen LogP contribution in [-0.2, 0) is 0 Å². The van der Waals surface area contributed by atoms with Crippen LogP contribution >= 0.6 is 0 Å². The zero-order chi connectivity index (χ0) is 9.30. The average molecular weight is 168 g/mol. The van der Waals surface area contributed by atoms with Gasteiger partial charge in [0.25, 0.3) is 5.43 Å². The third kappa shape index (κ3) is 1.15.